The predicted molar refractivity (Wildman–Crippen MR) is 56.1 cm³/mol. The minimum atomic E-state index is -1.25. The van der Waals surface area contributed by atoms with Crippen molar-refractivity contribution in [2.45, 2.75) is 13.1 Å². The van der Waals surface area contributed by atoms with Gasteiger partial charge in [-0.05, 0) is 24.6 Å². The van der Waals surface area contributed by atoms with Gasteiger partial charge in [0.25, 0.3) is 0 Å². The van der Waals surface area contributed by atoms with Crippen LogP contribution < -0.4 is 5.32 Å². The lowest BCUT2D eigenvalue weighted by molar-refractivity contribution is 0.400. The largest absolute Gasteiger partial charge is 0.505 e. The molecule has 1 aromatic rings. The van der Waals surface area contributed by atoms with Crippen molar-refractivity contribution in [2.75, 3.05) is 0 Å². The smallest absolute Gasteiger partial charge is 0.200 e. The van der Waals surface area contributed by atoms with E-state index in [0.717, 1.165) is 11.6 Å². The van der Waals surface area contributed by atoms with E-state index in [1.54, 1.807) is 12.4 Å². The molecule has 0 aromatic heterocycles. The lowest BCUT2D eigenvalue weighted by Gasteiger charge is -2.18. The summed E-state index contributed by atoms with van der Waals surface area (Å²) in [5, 5.41) is 11.8. The number of hydrogen-bond donors (Lipinski definition) is 2. The molecule has 0 fully saturated rings. The van der Waals surface area contributed by atoms with Gasteiger partial charge in [0.2, 0.25) is 5.82 Å². The molecular formula is C11H10F2N2O. The van der Waals surface area contributed by atoms with Crippen molar-refractivity contribution < 1.29 is 13.9 Å². The van der Waals surface area contributed by atoms with Crippen molar-refractivity contribution in [3.8, 4) is 5.75 Å². The fraction of sp³-hybridized carbons (Fsp3) is 0.182. The highest BCUT2D eigenvalue weighted by molar-refractivity contribution is 5.78. The summed E-state index contributed by atoms with van der Waals surface area (Å²) in [6.07, 6.45) is 2.59. The molecule has 1 atom stereocenters. The molecule has 1 unspecified atom stereocenters. The van der Waals surface area contributed by atoms with Crippen LogP contribution in [0.2, 0.25) is 0 Å². The molecule has 2 rings (SSSR count). The molecule has 0 bridgehead atoms. The molecule has 0 aliphatic carbocycles. The standard InChI is InChI=1S/C11H10F2N2O/c1-6-4-14-11(15-5-6)7-2-3-8(16)10(13)9(7)12/h2-5,11,14,16H,1H3. The van der Waals surface area contributed by atoms with Crippen LogP contribution in [0.3, 0.4) is 0 Å². The lowest BCUT2D eigenvalue weighted by Crippen LogP contribution is -2.19. The number of hydrogen-bond acceptors (Lipinski definition) is 3. The molecule has 0 amide bonds. The third-order valence-corrected chi connectivity index (χ3v) is 2.28. The highest BCUT2D eigenvalue weighted by Crippen LogP contribution is 2.27. The van der Waals surface area contributed by atoms with E-state index in [0.29, 0.717) is 0 Å². The minimum Gasteiger partial charge on any atom is -0.505 e. The van der Waals surface area contributed by atoms with Crippen LogP contribution in [0.5, 0.6) is 5.75 Å². The van der Waals surface area contributed by atoms with Crippen LogP contribution in [0.4, 0.5) is 8.78 Å². The number of nitrogens with zero attached hydrogens (tertiary/aromatic N) is 1. The van der Waals surface area contributed by atoms with Crippen molar-refractivity contribution in [3.63, 3.8) is 0 Å². The van der Waals surface area contributed by atoms with Gasteiger partial charge in [0.15, 0.2) is 11.6 Å². The first-order valence-electron chi connectivity index (χ1n) is 4.72. The fourth-order valence-electron chi connectivity index (χ4n) is 1.42. The van der Waals surface area contributed by atoms with Crippen LogP contribution in [-0.2, 0) is 0 Å². The Labute approximate surface area is 91.1 Å². The Balaban J connectivity index is 2.36. The Morgan fingerprint density at radius 1 is 1.31 bits per heavy atom. The normalized spacial score (nSPS) is 19.2. The van der Waals surface area contributed by atoms with Gasteiger partial charge in [0, 0.05) is 18.0 Å². The van der Waals surface area contributed by atoms with Crippen LogP contribution >= 0.6 is 0 Å². The molecule has 0 spiro atoms. The van der Waals surface area contributed by atoms with Crippen molar-refractivity contribution in [2.24, 2.45) is 4.99 Å². The number of aromatic hydroxyl groups is 1. The van der Waals surface area contributed by atoms with Gasteiger partial charge in [0.05, 0.1) is 0 Å². The summed E-state index contributed by atoms with van der Waals surface area (Å²) in [6.45, 7) is 1.83. The second-order valence-electron chi connectivity index (χ2n) is 3.54. The first-order chi connectivity index (χ1) is 7.59. The van der Waals surface area contributed by atoms with Crippen LogP contribution in [0.15, 0.2) is 28.9 Å². The van der Waals surface area contributed by atoms with Crippen molar-refractivity contribution in [1.29, 1.82) is 0 Å². The topological polar surface area (TPSA) is 44.6 Å². The number of phenolic OH excluding ortho intramolecular Hbond substituents is 1. The van der Waals surface area contributed by atoms with E-state index in [1.807, 2.05) is 6.92 Å². The Kier molecular flexibility index (Phi) is 2.60. The maximum absolute atomic E-state index is 13.5. The fourth-order valence-corrected chi connectivity index (χ4v) is 1.42. The number of rotatable bonds is 1. The Bertz CT molecular complexity index is 483. The molecule has 5 heteroatoms. The highest BCUT2D eigenvalue weighted by Gasteiger charge is 2.19. The van der Waals surface area contributed by atoms with E-state index >= 15 is 0 Å². The SMILES string of the molecule is CC1=CNC(c2ccc(O)c(F)c2F)N=C1. The van der Waals surface area contributed by atoms with Gasteiger partial charge in [-0.1, -0.05) is 0 Å². The average molecular weight is 224 g/mol. The molecule has 1 aliphatic heterocycles. The zero-order valence-electron chi connectivity index (χ0n) is 8.54. The van der Waals surface area contributed by atoms with Gasteiger partial charge < -0.3 is 10.4 Å². The van der Waals surface area contributed by atoms with Crippen LogP contribution in [0.25, 0.3) is 0 Å². The highest BCUT2D eigenvalue weighted by atomic mass is 19.2. The molecular weight excluding hydrogens is 214 g/mol. The third kappa shape index (κ3) is 1.76. The van der Waals surface area contributed by atoms with Crippen molar-refractivity contribution in [1.82, 2.24) is 5.32 Å². The zero-order valence-corrected chi connectivity index (χ0v) is 8.54. The number of phenols is 1. The zero-order chi connectivity index (χ0) is 11.7. The second-order valence-corrected chi connectivity index (χ2v) is 3.54. The van der Waals surface area contributed by atoms with E-state index in [2.05, 4.69) is 10.3 Å². The quantitative estimate of drug-likeness (QED) is 0.768. The van der Waals surface area contributed by atoms with Crippen LogP contribution in [0, 0.1) is 11.6 Å². The molecule has 0 radical (unpaired) electrons. The summed E-state index contributed by atoms with van der Waals surface area (Å²) in [6, 6.07) is 2.41. The summed E-state index contributed by atoms with van der Waals surface area (Å²) in [4.78, 5) is 4.02. The number of aliphatic imine (C=N–C) groups is 1. The summed E-state index contributed by atoms with van der Waals surface area (Å²) in [5.41, 5.74) is 0.964. The molecule has 16 heavy (non-hydrogen) atoms. The summed E-state index contributed by atoms with van der Waals surface area (Å²) in [5.74, 6) is -3.03. The Morgan fingerprint density at radius 3 is 2.69 bits per heavy atom. The van der Waals surface area contributed by atoms with Crippen molar-refractivity contribution in [3.05, 3.63) is 41.1 Å². The Hall–Kier alpha value is -1.91. The van der Waals surface area contributed by atoms with Crippen molar-refractivity contribution >= 4 is 6.21 Å². The molecule has 2 N–H and O–H groups in total. The first kappa shape index (κ1) is 10.6. The van der Waals surface area contributed by atoms with E-state index in [-0.39, 0.29) is 5.56 Å². The number of halogens is 2. The van der Waals surface area contributed by atoms with Crippen LogP contribution in [0.1, 0.15) is 18.7 Å². The second kappa shape index (κ2) is 3.92. The molecule has 1 aliphatic rings. The van der Waals surface area contributed by atoms with Gasteiger partial charge in [-0.3, -0.25) is 4.99 Å². The van der Waals surface area contributed by atoms with E-state index < -0.39 is 23.5 Å². The molecule has 1 aromatic carbocycles. The monoisotopic (exact) mass is 224 g/mol. The average Bonchev–Trinajstić information content (AvgIpc) is 2.28. The molecule has 84 valence electrons. The molecule has 1 heterocycles. The van der Waals surface area contributed by atoms with E-state index in [9.17, 15) is 8.78 Å². The van der Waals surface area contributed by atoms with Gasteiger partial charge in [-0.15, -0.1) is 0 Å². The van der Waals surface area contributed by atoms with Gasteiger partial charge >= 0.3 is 0 Å². The number of nitrogens with one attached hydrogen (secondary N) is 1. The minimum absolute atomic E-state index is 0.0651. The summed E-state index contributed by atoms with van der Waals surface area (Å²) < 4.78 is 26.6. The molecule has 0 saturated heterocycles. The number of benzene rings is 1. The van der Waals surface area contributed by atoms with Crippen LogP contribution in [-0.4, -0.2) is 11.3 Å². The molecule has 3 nitrogen and oxygen atoms in total. The van der Waals surface area contributed by atoms with E-state index in [1.165, 1.54) is 6.07 Å². The van der Waals surface area contributed by atoms with Gasteiger partial charge in [0.1, 0.15) is 6.17 Å². The molecule has 0 saturated carbocycles. The third-order valence-electron chi connectivity index (χ3n) is 2.28. The summed E-state index contributed by atoms with van der Waals surface area (Å²) >= 11 is 0. The van der Waals surface area contributed by atoms with Gasteiger partial charge in [-0.2, -0.15) is 4.39 Å². The first-order valence-corrected chi connectivity index (χ1v) is 4.72. The number of allylic oxidation sites excluding steroid dienone is 1. The predicted octanol–water partition coefficient (Wildman–Crippen LogP) is 2.25. The van der Waals surface area contributed by atoms with E-state index in [4.69, 9.17) is 5.11 Å². The maximum Gasteiger partial charge on any atom is 0.200 e. The van der Waals surface area contributed by atoms with Gasteiger partial charge in [-0.25, -0.2) is 4.39 Å². The Morgan fingerprint density at radius 2 is 2.06 bits per heavy atom. The lowest BCUT2D eigenvalue weighted by atomic mass is 10.1. The maximum atomic E-state index is 13.5. The summed E-state index contributed by atoms with van der Waals surface area (Å²) in [7, 11) is 0.